The zero-order valence-corrected chi connectivity index (χ0v) is 37.5. The van der Waals surface area contributed by atoms with Crippen molar-refractivity contribution < 1.29 is 55.2 Å². The van der Waals surface area contributed by atoms with Crippen LogP contribution in [0.1, 0.15) is 54.2 Å². The number of esters is 1. The molecule has 0 unspecified atom stereocenters. The summed E-state index contributed by atoms with van der Waals surface area (Å²) in [5.41, 5.74) is 3.46. The standard InChI is InChI=1S/C24H33NO6S.C20H25NO6S/c1-18-14-21(29-6)15-19(2)23(18)32(27,28)25(16-20-10-8-7-9-11-20)12-13-30-17-22(26)31-24(3,4)5;1-15-11-18(26-3)12-16(2)20(15)28(24,25)21(9-10-27-14-19(22)23)13-17-7-5-4-6-8-17/h7-11,14-15H,12-13,16-17H2,1-6H3;4-8,11-12H,9-10,13-14H2,1-3H3,(H,22,23). The number of ether oxygens (including phenoxy) is 5. The van der Waals surface area contributed by atoms with E-state index in [0.29, 0.717) is 33.8 Å². The van der Waals surface area contributed by atoms with E-state index in [1.54, 1.807) is 79.8 Å². The van der Waals surface area contributed by atoms with Crippen molar-refractivity contribution >= 4 is 32.0 Å². The third kappa shape index (κ3) is 15.0. The van der Waals surface area contributed by atoms with E-state index >= 15 is 0 Å². The van der Waals surface area contributed by atoms with Crippen LogP contribution in [-0.2, 0) is 56.9 Å². The fourth-order valence-corrected chi connectivity index (χ4v) is 9.94. The number of aryl methyl sites for hydroxylation is 4. The molecule has 0 saturated heterocycles. The van der Waals surface area contributed by atoms with Crippen molar-refractivity contribution in [1.29, 1.82) is 0 Å². The molecule has 0 aliphatic heterocycles. The van der Waals surface area contributed by atoms with Gasteiger partial charge in [-0.05, 0) is 106 Å². The summed E-state index contributed by atoms with van der Waals surface area (Å²) < 4.78 is 83.0. The molecule has 1 N–H and O–H groups in total. The lowest BCUT2D eigenvalue weighted by atomic mass is 10.1. The molecule has 0 aliphatic rings. The number of methoxy groups -OCH3 is 2. The van der Waals surface area contributed by atoms with Gasteiger partial charge < -0.3 is 28.8 Å². The number of benzene rings is 4. The number of sulfonamides is 2. The number of nitrogens with zero attached hydrogens (tertiary/aromatic N) is 2. The summed E-state index contributed by atoms with van der Waals surface area (Å²) in [6, 6.07) is 25.3. The molecule has 0 bridgehead atoms. The van der Waals surface area contributed by atoms with Crippen molar-refractivity contribution in [3.8, 4) is 11.5 Å². The molecule has 0 spiro atoms. The minimum Gasteiger partial charge on any atom is -0.497 e. The SMILES string of the molecule is COc1cc(C)c(S(=O)(=O)N(CCOCC(=O)O)Cc2ccccc2)c(C)c1.COc1cc(C)c(S(=O)(=O)N(CCOCC(=O)OC(C)(C)C)Cc2ccccc2)c(C)c1. The van der Waals surface area contributed by atoms with Gasteiger partial charge in [0.15, 0.2) is 0 Å². The molecule has 0 aliphatic carbocycles. The summed E-state index contributed by atoms with van der Waals surface area (Å²) >= 11 is 0. The van der Waals surface area contributed by atoms with Crippen LogP contribution >= 0.6 is 0 Å². The number of carbonyl (C=O) groups excluding carboxylic acids is 1. The largest absolute Gasteiger partial charge is 0.497 e. The Balaban J connectivity index is 0.000000323. The Morgan fingerprint density at radius 1 is 0.600 bits per heavy atom. The first-order valence-electron chi connectivity index (χ1n) is 19.2. The predicted molar refractivity (Wildman–Crippen MR) is 228 cm³/mol. The van der Waals surface area contributed by atoms with Crippen molar-refractivity contribution in [3.63, 3.8) is 0 Å². The maximum atomic E-state index is 13.6. The number of rotatable bonds is 20. The number of hydrogen-bond acceptors (Lipinski definition) is 11. The second-order valence-electron chi connectivity index (χ2n) is 14.9. The Kier molecular flexibility index (Phi) is 18.7. The summed E-state index contributed by atoms with van der Waals surface area (Å²) in [7, 11) is -4.59. The van der Waals surface area contributed by atoms with E-state index in [9.17, 15) is 26.4 Å². The molecule has 0 aromatic heterocycles. The van der Waals surface area contributed by atoms with E-state index in [4.69, 9.17) is 28.8 Å². The number of carboxylic acids is 1. The van der Waals surface area contributed by atoms with Gasteiger partial charge in [-0.25, -0.2) is 26.4 Å². The summed E-state index contributed by atoms with van der Waals surface area (Å²) in [5.74, 6) is -0.390. The van der Waals surface area contributed by atoms with Crippen molar-refractivity contribution in [2.24, 2.45) is 0 Å². The van der Waals surface area contributed by atoms with Gasteiger partial charge in [-0.1, -0.05) is 60.7 Å². The number of carbonyl (C=O) groups is 2. The Morgan fingerprint density at radius 2 is 0.950 bits per heavy atom. The molecule has 4 rings (SSSR count). The average Bonchev–Trinajstić information content (AvgIpc) is 3.16. The van der Waals surface area contributed by atoms with Crippen LogP contribution in [0.15, 0.2) is 94.7 Å². The molecule has 16 heteroatoms. The Hall–Kier alpha value is -4.84. The molecule has 0 saturated carbocycles. The molecular formula is C44H58N2O12S2. The van der Waals surface area contributed by atoms with E-state index in [-0.39, 0.29) is 55.8 Å². The van der Waals surface area contributed by atoms with Crippen LogP contribution < -0.4 is 9.47 Å². The monoisotopic (exact) mass is 870 g/mol. The van der Waals surface area contributed by atoms with Crippen LogP contribution in [0.2, 0.25) is 0 Å². The first kappa shape index (κ1) is 49.5. The summed E-state index contributed by atoms with van der Waals surface area (Å²) in [6.07, 6.45) is 0. The van der Waals surface area contributed by atoms with Crippen LogP contribution in [0, 0.1) is 27.7 Å². The molecule has 4 aromatic carbocycles. The normalized spacial score (nSPS) is 11.8. The summed E-state index contributed by atoms with van der Waals surface area (Å²) in [6.45, 7) is 12.1. The molecule has 328 valence electrons. The molecule has 0 heterocycles. The van der Waals surface area contributed by atoms with E-state index in [2.05, 4.69) is 0 Å². The molecule has 0 fully saturated rings. The highest BCUT2D eigenvalue weighted by Crippen LogP contribution is 2.30. The third-order valence-corrected chi connectivity index (χ3v) is 13.1. The van der Waals surface area contributed by atoms with Gasteiger partial charge in [-0.2, -0.15) is 8.61 Å². The Morgan fingerprint density at radius 3 is 1.27 bits per heavy atom. The van der Waals surface area contributed by atoms with Gasteiger partial charge in [0, 0.05) is 26.2 Å². The van der Waals surface area contributed by atoms with Crippen molar-refractivity contribution in [1.82, 2.24) is 8.61 Å². The van der Waals surface area contributed by atoms with Gasteiger partial charge in [-0.15, -0.1) is 0 Å². The average molecular weight is 871 g/mol. The van der Waals surface area contributed by atoms with Crippen molar-refractivity contribution in [3.05, 3.63) is 118 Å². The molecule has 4 aromatic rings. The highest BCUT2D eigenvalue weighted by Gasteiger charge is 2.30. The lowest BCUT2D eigenvalue weighted by Gasteiger charge is -2.25. The zero-order valence-electron chi connectivity index (χ0n) is 35.9. The summed E-state index contributed by atoms with van der Waals surface area (Å²) in [4.78, 5) is 23.0. The molecule has 0 amide bonds. The first-order valence-corrected chi connectivity index (χ1v) is 22.0. The molecule has 14 nitrogen and oxygen atoms in total. The fraction of sp³-hybridized carbons (Fsp3) is 0.409. The smallest absolute Gasteiger partial charge is 0.332 e. The quantitative estimate of drug-likeness (QED) is 0.0759. The van der Waals surface area contributed by atoms with Crippen molar-refractivity contribution in [2.45, 2.75) is 76.9 Å². The maximum Gasteiger partial charge on any atom is 0.332 e. The molecular weight excluding hydrogens is 813 g/mol. The van der Waals surface area contributed by atoms with Crippen LogP contribution in [0.3, 0.4) is 0 Å². The summed E-state index contributed by atoms with van der Waals surface area (Å²) in [5, 5.41) is 8.71. The Labute approximate surface area is 355 Å². The number of carboxylic acid groups (broad SMARTS) is 1. The lowest BCUT2D eigenvalue weighted by Crippen LogP contribution is -2.35. The van der Waals surface area contributed by atoms with E-state index < -0.39 is 44.2 Å². The van der Waals surface area contributed by atoms with Crippen LogP contribution in [0.5, 0.6) is 11.5 Å². The number of hydrogen-bond donors (Lipinski definition) is 1. The minimum absolute atomic E-state index is 0.0212. The van der Waals surface area contributed by atoms with Gasteiger partial charge in [0.1, 0.15) is 30.3 Å². The van der Waals surface area contributed by atoms with E-state index in [0.717, 1.165) is 11.1 Å². The van der Waals surface area contributed by atoms with Crippen LogP contribution in [0.4, 0.5) is 0 Å². The first-order chi connectivity index (χ1) is 28.2. The zero-order chi connectivity index (χ0) is 44.7. The van der Waals surface area contributed by atoms with Gasteiger partial charge in [0.2, 0.25) is 20.0 Å². The molecule has 0 radical (unpaired) electrons. The van der Waals surface area contributed by atoms with Crippen LogP contribution in [-0.4, -0.2) is 102 Å². The van der Waals surface area contributed by atoms with Crippen LogP contribution in [0.25, 0.3) is 0 Å². The van der Waals surface area contributed by atoms with E-state index in [1.807, 2.05) is 60.7 Å². The van der Waals surface area contributed by atoms with Gasteiger partial charge in [0.25, 0.3) is 0 Å². The maximum absolute atomic E-state index is 13.6. The topological polar surface area (TPSA) is 175 Å². The number of aliphatic carboxylic acids is 1. The fourth-order valence-electron chi connectivity index (χ4n) is 6.29. The molecule has 0 atom stereocenters. The Bertz CT molecular complexity index is 2200. The minimum atomic E-state index is -3.84. The highest BCUT2D eigenvalue weighted by atomic mass is 32.2. The van der Waals surface area contributed by atoms with Gasteiger partial charge in [0.05, 0.1) is 37.2 Å². The van der Waals surface area contributed by atoms with Gasteiger partial charge >= 0.3 is 11.9 Å². The highest BCUT2D eigenvalue weighted by molar-refractivity contribution is 7.89. The third-order valence-electron chi connectivity index (χ3n) is 8.77. The molecule has 60 heavy (non-hydrogen) atoms. The predicted octanol–water partition coefficient (Wildman–Crippen LogP) is 6.47. The lowest BCUT2D eigenvalue weighted by molar-refractivity contribution is -0.160. The van der Waals surface area contributed by atoms with E-state index in [1.165, 1.54) is 15.7 Å². The second-order valence-corrected chi connectivity index (χ2v) is 18.7. The van der Waals surface area contributed by atoms with Crippen molar-refractivity contribution in [2.75, 3.05) is 53.7 Å². The van der Waals surface area contributed by atoms with Gasteiger partial charge in [-0.3, -0.25) is 0 Å². The second kappa shape index (κ2) is 22.7.